The van der Waals surface area contributed by atoms with Crippen LogP contribution in [0.5, 0.6) is 0 Å². The van der Waals surface area contributed by atoms with E-state index in [1.165, 1.54) is 5.57 Å². The van der Waals surface area contributed by atoms with E-state index in [4.69, 9.17) is 0 Å². The van der Waals surface area contributed by atoms with Crippen molar-refractivity contribution in [1.82, 2.24) is 20.3 Å². The van der Waals surface area contributed by atoms with Crippen molar-refractivity contribution in [2.45, 2.75) is 85.8 Å². The van der Waals surface area contributed by atoms with Crippen molar-refractivity contribution < 1.29 is 9.90 Å². The first-order valence-corrected chi connectivity index (χ1v) is 13.3. The van der Waals surface area contributed by atoms with Crippen molar-refractivity contribution in [3.8, 4) is 5.69 Å². The van der Waals surface area contributed by atoms with Crippen molar-refractivity contribution in [2.24, 2.45) is 22.7 Å². The van der Waals surface area contributed by atoms with Crippen LogP contribution >= 0.6 is 0 Å². The zero-order valence-electron chi connectivity index (χ0n) is 22.6. The molecule has 2 aromatic rings. The molecule has 0 spiro atoms. The molecule has 2 fully saturated rings. The zero-order valence-corrected chi connectivity index (χ0v) is 22.6. The lowest BCUT2D eigenvalue weighted by Gasteiger charge is -2.59. The minimum absolute atomic E-state index is 0.0717. The highest BCUT2D eigenvalue weighted by Crippen LogP contribution is 2.61. The molecule has 0 aliphatic heterocycles. The summed E-state index contributed by atoms with van der Waals surface area (Å²) >= 11 is 0. The number of rotatable bonds is 7. The minimum Gasteiger partial charge on any atom is -0.393 e. The molecule has 194 valence electrons. The number of carbonyl (C=O) groups is 1. The van der Waals surface area contributed by atoms with Crippen LogP contribution in [0.25, 0.3) is 5.69 Å². The number of allylic oxidation sites excluding steroid dienone is 2. The molecule has 6 nitrogen and oxygen atoms in total. The highest BCUT2D eigenvalue weighted by atomic mass is 16.3. The van der Waals surface area contributed by atoms with Crippen LogP contribution in [0.3, 0.4) is 0 Å². The minimum atomic E-state index is -0.230. The average Bonchev–Trinajstić information content (AvgIpc) is 3.29. The maximum absolute atomic E-state index is 12.6. The number of hydrogen-bond acceptors (Lipinski definition) is 4. The number of aryl methyl sites for hydroxylation is 1. The van der Waals surface area contributed by atoms with Crippen LogP contribution < -0.4 is 5.32 Å². The molecule has 6 heteroatoms. The van der Waals surface area contributed by atoms with Crippen LogP contribution in [0, 0.1) is 29.6 Å². The van der Waals surface area contributed by atoms with Crippen molar-refractivity contribution in [3.05, 3.63) is 65.5 Å². The molecule has 1 amide bonds. The van der Waals surface area contributed by atoms with E-state index < -0.39 is 0 Å². The monoisotopic (exact) mass is 490 g/mol. The molecule has 1 aromatic carbocycles. The molecule has 0 unspecified atom stereocenters. The Morgan fingerprint density at radius 3 is 2.78 bits per heavy atom. The van der Waals surface area contributed by atoms with Crippen LogP contribution in [-0.2, 0) is 11.3 Å². The summed E-state index contributed by atoms with van der Waals surface area (Å²) in [4.78, 5) is 12.6. The zero-order chi connectivity index (χ0) is 26.1. The molecule has 1 aromatic heterocycles. The molecule has 2 N–H and O–H groups in total. The maximum atomic E-state index is 12.6. The van der Waals surface area contributed by atoms with Gasteiger partial charge >= 0.3 is 0 Å². The van der Waals surface area contributed by atoms with Gasteiger partial charge in [-0.05, 0) is 86.7 Å². The molecule has 2 saturated carbocycles. The van der Waals surface area contributed by atoms with Gasteiger partial charge in [0.2, 0.25) is 5.91 Å². The van der Waals surface area contributed by atoms with Crippen LogP contribution in [0.2, 0.25) is 0 Å². The topological polar surface area (TPSA) is 80.0 Å². The number of fused-ring (bicyclic) bond motifs is 1. The second-order valence-corrected chi connectivity index (χ2v) is 11.9. The predicted molar refractivity (Wildman–Crippen MR) is 143 cm³/mol. The standard InChI is InChI=1S/C30H42N4O2/c1-20(11-13-24-21(2)12-14-26-29(4,5)27(35)15-16-30(24,26)6)17-28(36)31-18-23-19-34(33-32-23)25-10-8-7-9-22(25)3/h7-10,17,19,24,26-27,35H,2,11-16,18H2,1,3-6H3,(H,31,36)/b20-17+/t24-,26-,27-,30+/m1/s1. The first-order valence-electron chi connectivity index (χ1n) is 13.3. The molecule has 4 rings (SSSR count). The molecule has 1 heterocycles. The first-order chi connectivity index (χ1) is 17.0. The second-order valence-electron chi connectivity index (χ2n) is 11.9. The Kier molecular flexibility index (Phi) is 7.56. The van der Waals surface area contributed by atoms with E-state index in [1.54, 1.807) is 10.8 Å². The van der Waals surface area contributed by atoms with Crippen molar-refractivity contribution >= 4 is 5.91 Å². The quantitative estimate of drug-likeness (QED) is 0.386. The summed E-state index contributed by atoms with van der Waals surface area (Å²) in [6.07, 6.45) is 9.25. The molecule has 2 aliphatic rings. The SMILES string of the molecule is C=C1CC[C@@H]2C(C)(C)[C@H](O)CC[C@@]2(C)[C@@H]1CC/C(C)=C/C(=O)NCc1cn(-c2ccccc2C)nn1. The van der Waals surface area contributed by atoms with Crippen LogP contribution in [-0.4, -0.2) is 32.1 Å². The van der Waals surface area contributed by atoms with E-state index in [1.807, 2.05) is 44.3 Å². The Morgan fingerprint density at radius 1 is 1.28 bits per heavy atom. The normalized spacial score (nSPS) is 28.0. The lowest BCUT2D eigenvalue weighted by molar-refractivity contribution is -0.124. The van der Waals surface area contributed by atoms with Crippen molar-refractivity contribution in [3.63, 3.8) is 0 Å². The van der Waals surface area contributed by atoms with E-state index >= 15 is 0 Å². The van der Waals surface area contributed by atoms with Gasteiger partial charge in [-0.3, -0.25) is 4.79 Å². The number of amides is 1. The Labute approximate surface area is 215 Å². The molecule has 36 heavy (non-hydrogen) atoms. The van der Waals surface area contributed by atoms with Gasteiger partial charge in [0.1, 0.15) is 5.69 Å². The van der Waals surface area contributed by atoms with E-state index in [9.17, 15) is 9.90 Å². The third-order valence-corrected chi connectivity index (χ3v) is 9.10. The van der Waals surface area contributed by atoms with E-state index in [0.29, 0.717) is 18.4 Å². The number of aliphatic hydroxyl groups is 1. The summed E-state index contributed by atoms with van der Waals surface area (Å²) in [5.41, 5.74) is 5.32. The van der Waals surface area contributed by atoms with E-state index in [-0.39, 0.29) is 22.8 Å². The van der Waals surface area contributed by atoms with Gasteiger partial charge < -0.3 is 10.4 Å². The van der Waals surface area contributed by atoms with Crippen molar-refractivity contribution in [1.29, 1.82) is 0 Å². The summed E-state index contributed by atoms with van der Waals surface area (Å²) in [6.45, 7) is 15.7. The Balaban J connectivity index is 1.33. The third-order valence-electron chi connectivity index (χ3n) is 9.10. The number of para-hydroxylation sites is 1. The lowest BCUT2D eigenvalue weighted by atomic mass is 9.46. The molecular formula is C30H42N4O2. The summed E-state index contributed by atoms with van der Waals surface area (Å²) in [7, 11) is 0. The van der Waals surface area contributed by atoms with Gasteiger partial charge in [-0.2, -0.15) is 0 Å². The van der Waals surface area contributed by atoms with Gasteiger partial charge in [0, 0.05) is 6.08 Å². The van der Waals surface area contributed by atoms with Crippen LogP contribution in [0.1, 0.15) is 77.5 Å². The number of nitrogens with one attached hydrogen (secondary N) is 1. The second kappa shape index (κ2) is 10.3. The van der Waals surface area contributed by atoms with Gasteiger partial charge in [0.05, 0.1) is 24.5 Å². The van der Waals surface area contributed by atoms with Gasteiger partial charge in [-0.15, -0.1) is 5.10 Å². The van der Waals surface area contributed by atoms with Crippen molar-refractivity contribution in [2.75, 3.05) is 0 Å². The molecule has 4 atom stereocenters. The number of benzene rings is 1. The molecular weight excluding hydrogens is 448 g/mol. The van der Waals surface area contributed by atoms with Crippen LogP contribution in [0.4, 0.5) is 0 Å². The summed E-state index contributed by atoms with van der Waals surface area (Å²) < 4.78 is 1.74. The first kappa shape index (κ1) is 26.3. The smallest absolute Gasteiger partial charge is 0.244 e. The molecule has 0 radical (unpaired) electrons. The highest BCUT2D eigenvalue weighted by Gasteiger charge is 2.55. The maximum Gasteiger partial charge on any atom is 0.244 e. The summed E-state index contributed by atoms with van der Waals surface area (Å²) in [6, 6.07) is 8.00. The predicted octanol–water partition coefficient (Wildman–Crippen LogP) is 5.69. The fraction of sp³-hybridized carbons (Fsp3) is 0.567. The number of carbonyl (C=O) groups excluding carboxylic acids is 1. The summed E-state index contributed by atoms with van der Waals surface area (Å²) in [5.74, 6) is 0.808. The van der Waals surface area contributed by atoms with Gasteiger partial charge in [0.15, 0.2) is 0 Å². The van der Waals surface area contributed by atoms with Crippen LogP contribution in [0.15, 0.2) is 54.3 Å². The van der Waals surface area contributed by atoms with E-state index in [2.05, 4.69) is 43.0 Å². The van der Waals surface area contributed by atoms with Gasteiger partial charge in [-0.25, -0.2) is 4.68 Å². The van der Waals surface area contributed by atoms with Gasteiger partial charge in [-0.1, -0.05) is 61.9 Å². The third kappa shape index (κ3) is 5.19. The lowest BCUT2D eigenvalue weighted by Crippen LogP contribution is -2.54. The Hall–Kier alpha value is -2.73. The fourth-order valence-electron chi connectivity index (χ4n) is 6.91. The number of aliphatic hydroxyl groups excluding tert-OH is 1. The highest BCUT2D eigenvalue weighted by molar-refractivity contribution is 5.88. The molecule has 0 saturated heterocycles. The number of hydrogen-bond donors (Lipinski definition) is 2. The molecule has 0 bridgehead atoms. The number of nitrogens with zero attached hydrogens (tertiary/aromatic N) is 3. The largest absolute Gasteiger partial charge is 0.393 e. The fourth-order valence-corrected chi connectivity index (χ4v) is 6.91. The van der Waals surface area contributed by atoms with E-state index in [0.717, 1.165) is 61.0 Å². The average molecular weight is 491 g/mol. The Morgan fingerprint density at radius 2 is 2.03 bits per heavy atom. The number of aromatic nitrogens is 3. The Bertz CT molecular complexity index is 1150. The summed E-state index contributed by atoms with van der Waals surface area (Å²) in [5, 5.41) is 22.0. The molecule has 2 aliphatic carbocycles. The van der Waals surface area contributed by atoms with Gasteiger partial charge in [0.25, 0.3) is 0 Å².